The molecule has 2 heteroatoms. The molecule has 0 spiro atoms. The molecule has 0 bridgehead atoms. The predicted octanol–water partition coefficient (Wildman–Crippen LogP) is 6.11. The van der Waals surface area contributed by atoms with Crippen LogP contribution in [0.1, 0.15) is 48.1 Å². The molecular formula is C28H36N2. The van der Waals surface area contributed by atoms with E-state index in [0.29, 0.717) is 12.2 Å². The molecule has 30 heavy (non-hydrogen) atoms. The minimum atomic E-state index is 0.482. The Bertz CT molecular complexity index is 1020. The third-order valence-electron chi connectivity index (χ3n) is 7.15. The van der Waals surface area contributed by atoms with Gasteiger partial charge in [-0.3, -0.25) is 9.80 Å². The topological polar surface area (TPSA) is 6.48 Å². The van der Waals surface area contributed by atoms with Gasteiger partial charge in [-0.1, -0.05) is 61.5 Å². The molecular weight excluding hydrogens is 364 g/mol. The van der Waals surface area contributed by atoms with Gasteiger partial charge in [-0.2, -0.15) is 0 Å². The van der Waals surface area contributed by atoms with Crippen molar-refractivity contribution in [2.45, 2.75) is 65.7 Å². The molecule has 0 amide bonds. The lowest BCUT2D eigenvalue weighted by Crippen LogP contribution is -2.51. The van der Waals surface area contributed by atoms with E-state index in [4.69, 9.17) is 0 Å². The van der Waals surface area contributed by atoms with E-state index in [0.717, 1.165) is 25.9 Å². The molecule has 0 radical (unpaired) electrons. The second-order valence-electron chi connectivity index (χ2n) is 9.21. The molecule has 1 aliphatic heterocycles. The molecule has 2 atom stereocenters. The van der Waals surface area contributed by atoms with Crippen LogP contribution in [-0.2, 0) is 19.4 Å². The number of rotatable bonds is 6. The summed E-state index contributed by atoms with van der Waals surface area (Å²) in [5, 5.41) is 2.67. The van der Waals surface area contributed by atoms with Gasteiger partial charge < -0.3 is 0 Å². The van der Waals surface area contributed by atoms with Crippen LogP contribution in [0.3, 0.4) is 0 Å². The summed E-state index contributed by atoms with van der Waals surface area (Å²) in [7, 11) is 2.32. The maximum Gasteiger partial charge on any atom is 0.0622 e. The monoisotopic (exact) mass is 400 g/mol. The summed E-state index contributed by atoms with van der Waals surface area (Å²) in [6.45, 7) is 11.4. The highest BCUT2D eigenvalue weighted by Crippen LogP contribution is 2.27. The molecule has 1 heterocycles. The lowest BCUT2D eigenvalue weighted by molar-refractivity contribution is 0.0238. The molecule has 158 valence electrons. The number of likely N-dealkylation sites (N-methyl/N-ethyl adjacent to an activating group) is 1. The third-order valence-corrected chi connectivity index (χ3v) is 7.15. The van der Waals surface area contributed by atoms with Gasteiger partial charge in [0.05, 0.1) is 6.17 Å². The van der Waals surface area contributed by atoms with Crippen molar-refractivity contribution in [2.75, 3.05) is 13.6 Å². The number of hydrogen-bond acceptors (Lipinski definition) is 2. The normalized spacial score (nSPS) is 16.6. The summed E-state index contributed by atoms with van der Waals surface area (Å²) < 4.78 is 0. The van der Waals surface area contributed by atoms with E-state index >= 15 is 0 Å². The van der Waals surface area contributed by atoms with Crippen molar-refractivity contribution in [3.8, 4) is 0 Å². The summed E-state index contributed by atoms with van der Waals surface area (Å²) >= 11 is 0. The van der Waals surface area contributed by atoms with Crippen LogP contribution in [0.25, 0.3) is 10.8 Å². The Morgan fingerprint density at radius 3 is 2.37 bits per heavy atom. The van der Waals surface area contributed by atoms with Crippen LogP contribution >= 0.6 is 0 Å². The molecule has 2 nitrogen and oxygen atoms in total. The number of nitrogens with zero attached hydrogens (tertiary/aromatic N) is 2. The Morgan fingerprint density at radius 2 is 1.63 bits per heavy atom. The van der Waals surface area contributed by atoms with Gasteiger partial charge in [0, 0.05) is 19.1 Å². The first kappa shape index (κ1) is 21.1. The minimum absolute atomic E-state index is 0.482. The highest BCUT2D eigenvalue weighted by atomic mass is 15.4. The van der Waals surface area contributed by atoms with Crippen molar-refractivity contribution in [3.63, 3.8) is 0 Å². The van der Waals surface area contributed by atoms with Gasteiger partial charge in [0.15, 0.2) is 0 Å². The number of benzene rings is 3. The van der Waals surface area contributed by atoms with Gasteiger partial charge in [-0.25, -0.2) is 0 Å². The van der Waals surface area contributed by atoms with Crippen LogP contribution in [0, 0.1) is 13.8 Å². The van der Waals surface area contributed by atoms with Gasteiger partial charge in [0.2, 0.25) is 0 Å². The van der Waals surface area contributed by atoms with Crippen molar-refractivity contribution in [1.29, 1.82) is 0 Å². The van der Waals surface area contributed by atoms with Crippen LogP contribution in [0.4, 0.5) is 0 Å². The molecule has 2 unspecified atom stereocenters. The Kier molecular flexibility index (Phi) is 6.26. The molecule has 0 aromatic heterocycles. The molecule has 0 aliphatic carbocycles. The molecule has 0 fully saturated rings. The summed E-state index contributed by atoms with van der Waals surface area (Å²) in [6.07, 6.45) is 3.88. The summed E-state index contributed by atoms with van der Waals surface area (Å²) in [5.41, 5.74) is 7.35. The van der Waals surface area contributed by atoms with Gasteiger partial charge in [-0.05, 0) is 85.7 Å². The summed E-state index contributed by atoms with van der Waals surface area (Å²) in [4.78, 5) is 5.29. The van der Waals surface area contributed by atoms with Crippen molar-refractivity contribution in [3.05, 3.63) is 82.4 Å². The van der Waals surface area contributed by atoms with Crippen molar-refractivity contribution in [2.24, 2.45) is 0 Å². The number of hydrogen-bond donors (Lipinski definition) is 0. The Balaban J connectivity index is 1.47. The van der Waals surface area contributed by atoms with Gasteiger partial charge in [-0.15, -0.1) is 0 Å². The largest absolute Gasteiger partial charge is 0.288 e. The van der Waals surface area contributed by atoms with Crippen molar-refractivity contribution in [1.82, 2.24) is 9.80 Å². The van der Waals surface area contributed by atoms with Crippen LogP contribution < -0.4 is 0 Å². The maximum absolute atomic E-state index is 2.69. The molecule has 1 aliphatic rings. The van der Waals surface area contributed by atoms with E-state index in [-0.39, 0.29) is 0 Å². The minimum Gasteiger partial charge on any atom is -0.288 e. The fourth-order valence-corrected chi connectivity index (χ4v) is 5.08. The SMILES string of the molecule is CCC(N1CCc2cc(C)c(C)cc2C1)N(C)C(C)Cc1ccc2ccccc2c1. The van der Waals surface area contributed by atoms with Gasteiger partial charge in [0.1, 0.15) is 0 Å². The first-order valence-electron chi connectivity index (χ1n) is 11.5. The Morgan fingerprint density at radius 1 is 0.933 bits per heavy atom. The van der Waals surface area contributed by atoms with Crippen molar-refractivity contribution >= 4 is 10.8 Å². The van der Waals surface area contributed by atoms with E-state index in [1.807, 2.05) is 0 Å². The van der Waals surface area contributed by atoms with Crippen LogP contribution in [0.2, 0.25) is 0 Å². The summed E-state index contributed by atoms with van der Waals surface area (Å²) in [6, 6.07) is 20.9. The standard InChI is InChI=1S/C28H36N2/c1-6-28(30-14-13-26-15-20(2)21(3)16-27(26)19-30)29(5)22(4)17-23-11-12-24-9-7-8-10-25(24)18-23/h7-12,15-16,18,22,28H,6,13-14,17,19H2,1-5H3. The zero-order valence-electron chi connectivity index (χ0n) is 19.3. The Labute approximate surface area is 182 Å². The van der Waals surface area contributed by atoms with E-state index in [2.05, 4.69) is 99.1 Å². The Hall–Kier alpha value is -2.16. The quantitative estimate of drug-likeness (QED) is 0.492. The van der Waals surface area contributed by atoms with Gasteiger partial charge in [0.25, 0.3) is 0 Å². The molecule has 0 saturated carbocycles. The molecule has 3 aromatic carbocycles. The first-order valence-corrected chi connectivity index (χ1v) is 11.5. The number of fused-ring (bicyclic) bond motifs is 2. The summed E-state index contributed by atoms with van der Waals surface area (Å²) in [5.74, 6) is 0. The third kappa shape index (κ3) is 4.31. The average molecular weight is 401 g/mol. The second kappa shape index (κ2) is 8.91. The van der Waals surface area contributed by atoms with E-state index in [1.165, 1.54) is 39.4 Å². The van der Waals surface area contributed by atoms with Crippen LogP contribution in [0.5, 0.6) is 0 Å². The van der Waals surface area contributed by atoms with Crippen molar-refractivity contribution < 1.29 is 0 Å². The average Bonchev–Trinajstić information content (AvgIpc) is 2.75. The lowest BCUT2D eigenvalue weighted by Gasteiger charge is -2.42. The number of aryl methyl sites for hydroxylation is 2. The van der Waals surface area contributed by atoms with E-state index in [9.17, 15) is 0 Å². The van der Waals surface area contributed by atoms with Gasteiger partial charge >= 0.3 is 0 Å². The van der Waals surface area contributed by atoms with E-state index < -0.39 is 0 Å². The molecule has 0 saturated heterocycles. The highest BCUT2D eigenvalue weighted by molar-refractivity contribution is 5.83. The highest BCUT2D eigenvalue weighted by Gasteiger charge is 2.28. The smallest absolute Gasteiger partial charge is 0.0622 e. The second-order valence-corrected chi connectivity index (χ2v) is 9.21. The van der Waals surface area contributed by atoms with E-state index in [1.54, 1.807) is 5.56 Å². The zero-order chi connectivity index (χ0) is 21.3. The van der Waals surface area contributed by atoms with Crippen LogP contribution in [-0.4, -0.2) is 35.6 Å². The first-order chi connectivity index (χ1) is 14.5. The fourth-order valence-electron chi connectivity index (χ4n) is 5.08. The fraction of sp³-hybridized carbons (Fsp3) is 0.429. The molecule has 0 N–H and O–H groups in total. The predicted molar refractivity (Wildman–Crippen MR) is 129 cm³/mol. The van der Waals surface area contributed by atoms with Crippen LogP contribution in [0.15, 0.2) is 54.6 Å². The lowest BCUT2D eigenvalue weighted by atomic mass is 9.94. The molecule has 4 rings (SSSR count). The molecule has 3 aromatic rings. The zero-order valence-corrected chi connectivity index (χ0v) is 19.3. The maximum atomic E-state index is 2.69.